The van der Waals surface area contributed by atoms with E-state index in [4.69, 9.17) is 9.47 Å². The van der Waals surface area contributed by atoms with Gasteiger partial charge in [0, 0.05) is 19.1 Å². The molecule has 0 radical (unpaired) electrons. The molecule has 128 valence electrons. The summed E-state index contributed by atoms with van der Waals surface area (Å²) in [7, 11) is 1.40. The lowest BCUT2D eigenvalue weighted by molar-refractivity contribution is -0.143. The van der Waals surface area contributed by atoms with Crippen LogP contribution >= 0.6 is 0 Å². The van der Waals surface area contributed by atoms with Crippen molar-refractivity contribution < 1.29 is 19.1 Å². The molecule has 0 aromatic heterocycles. The van der Waals surface area contributed by atoms with Gasteiger partial charge >= 0.3 is 12.1 Å². The van der Waals surface area contributed by atoms with Crippen LogP contribution in [0.1, 0.15) is 47.5 Å². The average Bonchev–Trinajstić information content (AvgIpc) is 2.83. The van der Waals surface area contributed by atoms with Crippen molar-refractivity contribution >= 4 is 12.1 Å². The maximum Gasteiger partial charge on any atom is 0.410 e. The van der Waals surface area contributed by atoms with Crippen LogP contribution in [0.3, 0.4) is 0 Å². The summed E-state index contributed by atoms with van der Waals surface area (Å²) in [5.41, 5.74) is -0.491. The normalized spacial score (nSPS) is 20.1. The number of ether oxygens (including phenoxy) is 2. The van der Waals surface area contributed by atoms with Crippen molar-refractivity contribution in [1.29, 1.82) is 0 Å². The van der Waals surface area contributed by atoms with Crippen molar-refractivity contribution in [3.63, 3.8) is 0 Å². The Bertz CT molecular complexity index is 390. The number of esters is 1. The molecule has 1 rings (SSSR count). The number of rotatable bonds is 5. The molecule has 22 heavy (non-hydrogen) atoms. The van der Waals surface area contributed by atoms with Crippen LogP contribution in [-0.2, 0) is 14.3 Å². The highest BCUT2D eigenvalue weighted by Crippen LogP contribution is 2.17. The minimum atomic E-state index is -0.491. The van der Waals surface area contributed by atoms with Gasteiger partial charge in [0.05, 0.1) is 7.11 Å². The lowest BCUT2D eigenvalue weighted by Crippen LogP contribution is -2.46. The summed E-state index contributed by atoms with van der Waals surface area (Å²) in [6.45, 7) is 10.9. The van der Waals surface area contributed by atoms with Gasteiger partial charge in [-0.3, -0.25) is 10.1 Å². The number of nitrogens with zero attached hydrogens (tertiary/aromatic N) is 1. The first kappa shape index (κ1) is 18.7. The van der Waals surface area contributed by atoms with Crippen molar-refractivity contribution in [3.8, 4) is 0 Å². The van der Waals surface area contributed by atoms with Gasteiger partial charge in [-0.15, -0.1) is 0 Å². The number of amides is 1. The van der Waals surface area contributed by atoms with Crippen molar-refractivity contribution in [2.75, 3.05) is 20.2 Å². The standard InChI is InChI=1S/C16H30N2O4/c1-11(2)9-13(14(19)21-6)17-12-7-8-18(10-12)15(20)22-16(3,4)5/h11-13,17H,7-10H2,1-6H3. The average molecular weight is 314 g/mol. The van der Waals surface area contributed by atoms with Gasteiger partial charge in [0.1, 0.15) is 11.6 Å². The van der Waals surface area contributed by atoms with Gasteiger partial charge in [-0.1, -0.05) is 13.8 Å². The first-order valence-electron chi connectivity index (χ1n) is 7.94. The molecule has 1 heterocycles. The maximum atomic E-state index is 12.0. The Morgan fingerprint density at radius 2 is 1.95 bits per heavy atom. The predicted octanol–water partition coefficient (Wildman–Crippen LogP) is 2.17. The lowest BCUT2D eigenvalue weighted by Gasteiger charge is -2.25. The molecule has 2 atom stereocenters. The quantitative estimate of drug-likeness (QED) is 0.788. The Morgan fingerprint density at radius 3 is 2.45 bits per heavy atom. The zero-order chi connectivity index (χ0) is 16.9. The van der Waals surface area contributed by atoms with Gasteiger partial charge in [-0.05, 0) is 39.5 Å². The maximum absolute atomic E-state index is 12.0. The molecule has 1 aliphatic rings. The molecule has 0 aliphatic carbocycles. The van der Waals surface area contributed by atoms with Crippen molar-refractivity contribution in [2.24, 2.45) is 5.92 Å². The van der Waals surface area contributed by atoms with E-state index < -0.39 is 5.60 Å². The largest absolute Gasteiger partial charge is 0.468 e. The molecule has 0 spiro atoms. The van der Waals surface area contributed by atoms with Crippen LogP contribution < -0.4 is 5.32 Å². The molecule has 0 aromatic carbocycles. The van der Waals surface area contributed by atoms with Gasteiger partial charge in [-0.2, -0.15) is 0 Å². The number of nitrogens with one attached hydrogen (secondary N) is 1. The van der Waals surface area contributed by atoms with E-state index in [1.807, 2.05) is 20.8 Å². The van der Waals surface area contributed by atoms with Gasteiger partial charge in [0.25, 0.3) is 0 Å². The van der Waals surface area contributed by atoms with E-state index in [-0.39, 0.29) is 24.1 Å². The van der Waals surface area contributed by atoms with Gasteiger partial charge in [0.2, 0.25) is 0 Å². The van der Waals surface area contributed by atoms with Crippen LogP contribution in [0, 0.1) is 5.92 Å². The summed E-state index contributed by atoms with van der Waals surface area (Å²) in [6.07, 6.45) is 1.23. The number of carbonyl (C=O) groups is 2. The fraction of sp³-hybridized carbons (Fsp3) is 0.875. The highest BCUT2D eigenvalue weighted by Gasteiger charge is 2.32. The smallest absolute Gasteiger partial charge is 0.410 e. The number of methoxy groups -OCH3 is 1. The molecular weight excluding hydrogens is 284 g/mol. The van der Waals surface area contributed by atoms with E-state index in [0.717, 1.165) is 12.8 Å². The topological polar surface area (TPSA) is 67.9 Å². The molecule has 6 heteroatoms. The van der Waals surface area contributed by atoms with Crippen LogP contribution in [-0.4, -0.2) is 54.8 Å². The molecule has 1 fully saturated rings. The van der Waals surface area contributed by atoms with Crippen LogP contribution in [0.5, 0.6) is 0 Å². The lowest BCUT2D eigenvalue weighted by atomic mass is 10.0. The molecule has 0 bridgehead atoms. The minimum absolute atomic E-state index is 0.0929. The van der Waals surface area contributed by atoms with Crippen LogP contribution in [0.2, 0.25) is 0 Å². The van der Waals surface area contributed by atoms with E-state index in [1.54, 1.807) is 4.90 Å². The SMILES string of the molecule is COC(=O)C(CC(C)C)NC1CCN(C(=O)OC(C)(C)C)C1. The Hall–Kier alpha value is -1.30. The Labute approximate surface area is 133 Å². The van der Waals surface area contributed by atoms with E-state index in [0.29, 0.717) is 19.0 Å². The van der Waals surface area contributed by atoms with Gasteiger partial charge in [-0.25, -0.2) is 4.79 Å². The first-order valence-corrected chi connectivity index (χ1v) is 7.94. The van der Waals surface area contributed by atoms with Crippen molar-refractivity contribution in [2.45, 2.75) is 65.1 Å². The van der Waals surface area contributed by atoms with Crippen LogP contribution in [0.15, 0.2) is 0 Å². The number of likely N-dealkylation sites (tertiary alicyclic amines) is 1. The molecule has 1 amide bonds. The molecule has 0 saturated carbocycles. The second-order valence-corrected chi connectivity index (χ2v) is 7.28. The minimum Gasteiger partial charge on any atom is -0.468 e. The number of hydrogen-bond acceptors (Lipinski definition) is 5. The van der Waals surface area contributed by atoms with E-state index in [2.05, 4.69) is 19.2 Å². The van der Waals surface area contributed by atoms with Gasteiger partial charge in [0.15, 0.2) is 0 Å². The third-order valence-electron chi connectivity index (χ3n) is 3.47. The zero-order valence-electron chi connectivity index (χ0n) is 14.6. The highest BCUT2D eigenvalue weighted by atomic mass is 16.6. The summed E-state index contributed by atoms with van der Waals surface area (Å²) in [6, 6.07) is -0.232. The molecule has 0 aromatic rings. The molecular formula is C16H30N2O4. The number of hydrogen-bond donors (Lipinski definition) is 1. The van der Waals surface area contributed by atoms with E-state index in [1.165, 1.54) is 7.11 Å². The summed E-state index contributed by atoms with van der Waals surface area (Å²) < 4.78 is 10.2. The molecule has 1 aliphatic heterocycles. The van der Waals surface area contributed by atoms with Crippen LogP contribution in [0.25, 0.3) is 0 Å². The van der Waals surface area contributed by atoms with Gasteiger partial charge < -0.3 is 14.4 Å². The zero-order valence-corrected chi connectivity index (χ0v) is 14.6. The van der Waals surface area contributed by atoms with E-state index in [9.17, 15) is 9.59 Å². The predicted molar refractivity (Wildman–Crippen MR) is 84.6 cm³/mol. The van der Waals surface area contributed by atoms with Crippen molar-refractivity contribution in [3.05, 3.63) is 0 Å². The second-order valence-electron chi connectivity index (χ2n) is 7.28. The monoisotopic (exact) mass is 314 g/mol. The fourth-order valence-electron chi connectivity index (χ4n) is 2.52. The molecule has 1 N–H and O–H groups in total. The first-order chi connectivity index (χ1) is 10.1. The van der Waals surface area contributed by atoms with Crippen LogP contribution in [0.4, 0.5) is 4.79 Å². The van der Waals surface area contributed by atoms with E-state index >= 15 is 0 Å². The summed E-state index contributed by atoms with van der Waals surface area (Å²) in [5, 5.41) is 3.32. The highest BCUT2D eigenvalue weighted by molar-refractivity contribution is 5.75. The Morgan fingerprint density at radius 1 is 1.32 bits per heavy atom. The number of carbonyl (C=O) groups excluding carboxylic acids is 2. The third kappa shape index (κ3) is 6.22. The summed E-state index contributed by atoms with van der Waals surface area (Å²) in [4.78, 5) is 25.6. The Balaban J connectivity index is 2.54. The summed E-state index contributed by atoms with van der Waals surface area (Å²) >= 11 is 0. The molecule has 2 unspecified atom stereocenters. The Kier molecular flexibility index (Phi) is 6.66. The fourth-order valence-corrected chi connectivity index (χ4v) is 2.52. The molecule has 1 saturated heterocycles. The second kappa shape index (κ2) is 7.81. The third-order valence-corrected chi connectivity index (χ3v) is 3.47. The molecule has 6 nitrogen and oxygen atoms in total. The summed E-state index contributed by atoms with van der Waals surface area (Å²) in [5.74, 6) is 0.143. The van der Waals surface area contributed by atoms with Crippen molar-refractivity contribution in [1.82, 2.24) is 10.2 Å².